The molecule has 0 radical (unpaired) electrons. The summed E-state index contributed by atoms with van der Waals surface area (Å²) in [5.41, 5.74) is 0.991. The maximum atomic E-state index is 12.8. The van der Waals surface area contributed by atoms with Gasteiger partial charge in [0, 0.05) is 17.0 Å². The third kappa shape index (κ3) is 5.08. The molecule has 3 aromatic rings. The molecule has 1 aliphatic carbocycles. The van der Waals surface area contributed by atoms with Gasteiger partial charge in [-0.05, 0) is 74.3 Å². The zero-order chi connectivity index (χ0) is 23.8. The average molecular weight is 503 g/mol. The zero-order valence-corrected chi connectivity index (χ0v) is 19.8. The summed E-state index contributed by atoms with van der Waals surface area (Å²) >= 11 is 12.4. The molecule has 1 aromatic heterocycles. The normalized spacial score (nSPS) is 17.7. The lowest BCUT2D eigenvalue weighted by atomic mass is 10.00. The van der Waals surface area contributed by atoms with Gasteiger partial charge in [0.1, 0.15) is 17.4 Å². The number of aliphatic hydroxyl groups is 1. The Morgan fingerprint density at radius 3 is 2.62 bits per heavy atom. The molecule has 1 amide bonds. The topological polar surface area (TPSA) is 92.0 Å². The van der Waals surface area contributed by atoms with Crippen molar-refractivity contribution in [2.75, 3.05) is 19.6 Å². The number of carbonyl (C=O) groups is 2. The number of nitrogens with zero attached hydrogens (tertiary/aromatic N) is 1. The molecule has 1 saturated carbocycles. The Balaban J connectivity index is 1.32. The average Bonchev–Trinajstić information content (AvgIpc) is 3.51. The van der Waals surface area contributed by atoms with Crippen molar-refractivity contribution in [1.82, 2.24) is 10.2 Å². The summed E-state index contributed by atoms with van der Waals surface area (Å²) in [4.78, 5) is 27.8. The highest BCUT2D eigenvalue weighted by molar-refractivity contribution is 6.42. The van der Waals surface area contributed by atoms with E-state index in [1.54, 1.807) is 36.4 Å². The highest BCUT2D eigenvalue weighted by atomic mass is 35.5. The van der Waals surface area contributed by atoms with Gasteiger partial charge in [0.15, 0.2) is 5.76 Å². The first-order valence-corrected chi connectivity index (χ1v) is 12.0. The van der Waals surface area contributed by atoms with Crippen LogP contribution in [0.2, 0.25) is 10.0 Å². The number of Topliss-reactive ketones (excluding diaryl/α,β-unsaturated/α-hetero) is 1. The van der Waals surface area contributed by atoms with E-state index in [2.05, 4.69) is 10.2 Å². The van der Waals surface area contributed by atoms with Crippen molar-refractivity contribution in [3.63, 3.8) is 0 Å². The number of furan rings is 1. The zero-order valence-electron chi connectivity index (χ0n) is 18.3. The summed E-state index contributed by atoms with van der Waals surface area (Å²) in [5, 5.41) is 15.3. The first kappa shape index (κ1) is 23.2. The number of halogens is 2. The molecule has 1 aliphatic heterocycles. The van der Waals surface area contributed by atoms with E-state index < -0.39 is 23.8 Å². The van der Waals surface area contributed by atoms with E-state index in [1.807, 2.05) is 0 Å². The Bertz CT molecular complexity index is 1240. The smallest absolute Gasteiger partial charge is 0.296 e. The third-order valence-corrected chi connectivity index (χ3v) is 6.66. The molecule has 2 aliphatic rings. The lowest BCUT2D eigenvalue weighted by Crippen LogP contribution is -2.52. The van der Waals surface area contributed by atoms with Gasteiger partial charge >= 0.3 is 0 Å². The Kier molecular flexibility index (Phi) is 6.53. The molecule has 0 unspecified atom stereocenters. The number of rotatable bonds is 9. The van der Waals surface area contributed by atoms with E-state index in [0.29, 0.717) is 38.9 Å². The van der Waals surface area contributed by atoms with Gasteiger partial charge in [0.25, 0.3) is 11.7 Å². The fourth-order valence-corrected chi connectivity index (χ4v) is 4.35. The van der Waals surface area contributed by atoms with Crippen LogP contribution in [0, 0.1) is 0 Å². The number of benzene rings is 2. The molecule has 9 heteroatoms. The molecule has 2 N–H and O–H groups in total. The van der Waals surface area contributed by atoms with E-state index in [-0.39, 0.29) is 11.9 Å². The molecule has 1 saturated heterocycles. The Labute approximate surface area is 206 Å². The number of carbonyl (C=O) groups excluding carboxylic acids is 2. The number of ether oxygens (including phenoxy) is 1. The second-order valence-electron chi connectivity index (χ2n) is 8.81. The van der Waals surface area contributed by atoms with Crippen LogP contribution in [0.4, 0.5) is 0 Å². The van der Waals surface area contributed by atoms with Crippen molar-refractivity contribution in [3.8, 4) is 5.75 Å². The largest absolute Gasteiger partial charge is 0.489 e. The van der Waals surface area contributed by atoms with Crippen LogP contribution in [0.3, 0.4) is 0 Å². The summed E-state index contributed by atoms with van der Waals surface area (Å²) in [5.74, 6) is -1.19. The van der Waals surface area contributed by atoms with Gasteiger partial charge in [0.2, 0.25) is 0 Å². The molecule has 0 bridgehead atoms. The van der Waals surface area contributed by atoms with E-state index in [4.69, 9.17) is 32.4 Å². The molecular formula is C25H24Cl2N2O5. The van der Waals surface area contributed by atoms with Crippen LogP contribution >= 0.6 is 23.2 Å². The highest BCUT2D eigenvalue weighted by Crippen LogP contribution is 2.34. The van der Waals surface area contributed by atoms with Crippen molar-refractivity contribution in [1.29, 1.82) is 0 Å². The molecule has 34 heavy (non-hydrogen) atoms. The van der Waals surface area contributed by atoms with Gasteiger partial charge in [-0.3, -0.25) is 9.59 Å². The summed E-state index contributed by atoms with van der Waals surface area (Å²) in [6.07, 6.45) is 2.20. The van der Waals surface area contributed by atoms with Crippen molar-refractivity contribution in [3.05, 3.63) is 63.8 Å². The number of aliphatic hydroxyl groups excluding tert-OH is 1. The lowest BCUT2D eigenvalue weighted by Gasteiger charge is -2.36. The first-order valence-electron chi connectivity index (χ1n) is 11.3. The lowest BCUT2D eigenvalue weighted by molar-refractivity contribution is -0.119. The van der Waals surface area contributed by atoms with Crippen LogP contribution in [0.25, 0.3) is 11.0 Å². The molecule has 2 aromatic carbocycles. The van der Waals surface area contributed by atoms with Gasteiger partial charge in [-0.15, -0.1) is 0 Å². The van der Waals surface area contributed by atoms with E-state index in [0.717, 1.165) is 32.4 Å². The summed E-state index contributed by atoms with van der Waals surface area (Å²) < 4.78 is 11.3. The standard InChI is InChI=1S/C25H24Cl2N2O5/c26-16-3-7-20-15(10-16)12-22(34-20)24(31)25(32)28-19(13-29-8-1-9-29)23(30)14-2-6-21(18(27)11-14)33-17-4-5-17/h2-3,6-7,10-12,17,19,23,30H,1,4-5,8-9,13H2,(H,28,32)/t19-,23-/m1/s1. The van der Waals surface area contributed by atoms with Crippen LogP contribution in [-0.4, -0.2) is 53.5 Å². The van der Waals surface area contributed by atoms with Crippen LogP contribution in [0.15, 0.2) is 46.9 Å². The van der Waals surface area contributed by atoms with Gasteiger partial charge in [-0.1, -0.05) is 29.3 Å². The molecule has 2 fully saturated rings. The number of likely N-dealkylation sites (tertiary alicyclic amines) is 1. The van der Waals surface area contributed by atoms with Crippen LogP contribution < -0.4 is 10.1 Å². The minimum Gasteiger partial charge on any atom is -0.489 e. The second-order valence-corrected chi connectivity index (χ2v) is 9.65. The third-order valence-electron chi connectivity index (χ3n) is 6.13. The number of fused-ring (bicyclic) bond motifs is 1. The highest BCUT2D eigenvalue weighted by Gasteiger charge is 2.31. The van der Waals surface area contributed by atoms with E-state index in [9.17, 15) is 14.7 Å². The van der Waals surface area contributed by atoms with E-state index >= 15 is 0 Å². The van der Waals surface area contributed by atoms with Gasteiger partial charge in [-0.2, -0.15) is 0 Å². The predicted molar refractivity (Wildman–Crippen MR) is 129 cm³/mol. The van der Waals surface area contributed by atoms with E-state index in [1.165, 1.54) is 6.07 Å². The van der Waals surface area contributed by atoms with Crippen molar-refractivity contribution in [2.24, 2.45) is 0 Å². The number of amides is 1. The van der Waals surface area contributed by atoms with Gasteiger partial charge in [-0.25, -0.2) is 0 Å². The maximum absolute atomic E-state index is 12.8. The van der Waals surface area contributed by atoms with Crippen LogP contribution in [0.5, 0.6) is 5.75 Å². The summed E-state index contributed by atoms with van der Waals surface area (Å²) in [6, 6.07) is 10.8. The molecule has 5 rings (SSSR count). The number of ketones is 1. The molecule has 2 heterocycles. The number of nitrogens with one attached hydrogen (secondary N) is 1. The van der Waals surface area contributed by atoms with Gasteiger partial charge < -0.3 is 24.5 Å². The van der Waals surface area contributed by atoms with Crippen molar-refractivity contribution < 1.29 is 23.8 Å². The van der Waals surface area contributed by atoms with Crippen molar-refractivity contribution >= 4 is 45.9 Å². The Morgan fingerprint density at radius 2 is 1.94 bits per heavy atom. The fourth-order valence-electron chi connectivity index (χ4n) is 3.93. The quantitative estimate of drug-likeness (QED) is 0.333. The van der Waals surface area contributed by atoms with Gasteiger partial charge in [0.05, 0.1) is 17.2 Å². The molecule has 7 nitrogen and oxygen atoms in total. The number of hydrogen-bond donors (Lipinski definition) is 2. The number of hydrogen-bond acceptors (Lipinski definition) is 6. The monoisotopic (exact) mass is 502 g/mol. The molecule has 0 spiro atoms. The Morgan fingerprint density at radius 1 is 1.15 bits per heavy atom. The minimum atomic E-state index is -1.07. The SMILES string of the molecule is O=C(N[C@H](CN1CCC1)[C@H](O)c1ccc(OC2CC2)c(Cl)c1)C(=O)c1cc2cc(Cl)ccc2o1. The fraction of sp³-hybridized carbons (Fsp3) is 0.360. The maximum Gasteiger partial charge on any atom is 0.296 e. The Hall–Kier alpha value is -2.58. The first-order chi connectivity index (χ1) is 16.4. The predicted octanol–water partition coefficient (Wildman–Crippen LogP) is 4.39. The minimum absolute atomic E-state index is 0.0865. The van der Waals surface area contributed by atoms with Crippen LogP contribution in [-0.2, 0) is 4.79 Å². The van der Waals surface area contributed by atoms with Crippen LogP contribution in [0.1, 0.15) is 41.5 Å². The summed E-state index contributed by atoms with van der Waals surface area (Å²) in [6.45, 7) is 2.13. The van der Waals surface area contributed by atoms with Crippen molar-refractivity contribution in [2.45, 2.75) is 37.5 Å². The molecule has 178 valence electrons. The molecular weight excluding hydrogens is 479 g/mol. The second kappa shape index (κ2) is 9.58. The summed E-state index contributed by atoms with van der Waals surface area (Å²) in [7, 11) is 0. The molecule has 2 atom stereocenters.